The minimum absolute atomic E-state index is 0.290. The van der Waals surface area contributed by atoms with Crippen molar-refractivity contribution >= 4 is 38.5 Å². The molecule has 4 rings (SSSR count). The van der Waals surface area contributed by atoms with E-state index in [1.807, 2.05) is 13.0 Å². The van der Waals surface area contributed by atoms with Gasteiger partial charge in [0.15, 0.2) is 5.13 Å². The summed E-state index contributed by atoms with van der Waals surface area (Å²) in [5.41, 5.74) is 1.53. The Morgan fingerprint density at radius 1 is 1.46 bits per heavy atom. The van der Waals surface area contributed by atoms with E-state index in [0.29, 0.717) is 53.6 Å². The minimum atomic E-state index is -0.350. The standard InChI is InChI=1S/C18H25N5O4S/c1-2-19-17(25)22-18-20-13-7-14(23-5-3-12(24)8-23)15(21-16(13)28-18)27-10-11-4-6-26-9-11/h7,11-12,24H,2-6,8-10H2,1H3,(H2,19,20,22,25). The molecule has 0 saturated carbocycles. The molecule has 2 aromatic rings. The number of amides is 2. The summed E-state index contributed by atoms with van der Waals surface area (Å²) in [6.45, 7) is 5.71. The van der Waals surface area contributed by atoms with E-state index in [2.05, 4.69) is 25.5 Å². The number of fused-ring (bicyclic) bond motifs is 1. The molecule has 3 N–H and O–H groups in total. The third kappa shape index (κ3) is 4.29. The highest BCUT2D eigenvalue weighted by molar-refractivity contribution is 7.22. The van der Waals surface area contributed by atoms with Crippen LogP contribution in [0.3, 0.4) is 0 Å². The molecule has 28 heavy (non-hydrogen) atoms. The van der Waals surface area contributed by atoms with Crippen LogP contribution in [0.25, 0.3) is 10.3 Å². The van der Waals surface area contributed by atoms with Gasteiger partial charge in [-0.3, -0.25) is 5.32 Å². The molecule has 0 aliphatic carbocycles. The summed E-state index contributed by atoms with van der Waals surface area (Å²) in [6.07, 6.45) is 1.35. The van der Waals surface area contributed by atoms with Crippen LogP contribution >= 0.6 is 11.3 Å². The molecule has 9 nitrogen and oxygen atoms in total. The number of carbonyl (C=O) groups is 1. The number of urea groups is 1. The molecular formula is C18H25N5O4S. The highest BCUT2D eigenvalue weighted by atomic mass is 32.1. The Kier molecular flexibility index (Phi) is 5.79. The Bertz CT molecular complexity index is 839. The van der Waals surface area contributed by atoms with Crippen LogP contribution in [-0.4, -0.2) is 66.7 Å². The number of aromatic nitrogens is 2. The van der Waals surface area contributed by atoms with Crippen molar-refractivity contribution < 1.29 is 19.4 Å². The number of ether oxygens (including phenoxy) is 2. The first-order chi connectivity index (χ1) is 13.6. The van der Waals surface area contributed by atoms with Crippen LogP contribution in [0.1, 0.15) is 19.8 Å². The molecule has 0 aromatic carbocycles. The molecular weight excluding hydrogens is 382 g/mol. The number of hydrogen-bond donors (Lipinski definition) is 3. The molecule has 4 heterocycles. The number of aliphatic hydroxyl groups excluding tert-OH is 1. The Morgan fingerprint density at radius 3 is 3.07 bits per heavy atom. The maximum atomic E-state index is 11.8. The summed E-state index contributed by atoms with van der Waals surface area (Å²) in [6, 6.07) is 1.64. The van der Waals surface area contributed by atoms with Crippen LogP contribution in [0.2, 0.25) is 0 Å². The molecule has 2 aliphatic rings. The molecule has 152 valence electrons. The lowest BCUT2D eigenvalue weighted by Gasteiger charge is -2.21. The van der Waals surface area contributed by atoms with Gasteiger partial charge >= 0.3 is 6.03 Å². The van der Waals surface area contributed by atoms with Crippen LogP contribution in [-0.2, 0) is 4.74 Å². The summed E-state index contributed by atoms with van der Waals surface area (Å²) >= 11 is 1.31. The summed E-state index contributed by atoms with van der Waals surface area (Å²) in [4.78, 5) is 23.7. The van der Waals surface area contributed by atoms with E-state index in [4.69, 9.17) is 9.47 Å². The molecule has 0 bridgehead atoms. The van der Waals surface area contributed by atoms with Gasteiger partial charge < -0.3 is 24.8 Å². The SMILES string of the molecule is CCNC(=O)Nc1nc2cc(N3CCC(O)C3)c(OCC3CCOC3)nc2s1. The fourth-order valence-corrected chi connectivity index (χ4v) is 4.21. The molecule has 2 atom stereocenters. The van der Waals surface area contributed by atoms with Crippen LogP contribution in [0.4, 0.5) is 15.6 Å². The number of carbonyl (C=O) groups excluding carboxylic acids is 1. The lowest BCUT2D eigenvalue weighted by Crippen LogP contribution is -2.28. The van der Waals surface area contributed by atoms with Gasteiger partial charge in [0.2, 0.25) is 5.88 Å². The van der Waals surface area contributed by atoms with Gasteiger partial charge in [-0.25, -0.2) is 9.78 Å². The number of rotatable bonds is 6. The van der Waals surface area contributed by atoms with Gasteiger partial charge in [-0.15, -0.1) is 0 Å². The summed E-state index contributed by atoms with van der Waals surface area (Å²) in [5.74, 6) is 0.910. The van der Waals surface area contributed by atoms with Crippen molar-refractivity contribution in [3.8, 4) is 5.88 Å². The first kappa shape index (κ1) is 19.2. The second-order valence-corrected chi connectivity index (χ2v) is 8.05. The molecule has 2 saturated heterocycles. The number of nitrogens with zero attached hydrogens (tertiary/aromatic N) is 3. The van der Waals surface area contributed by atoms with Crippen molar-refractivity contribution in [2.24, 2.45) is 5.92 Å². The van der Waals surface area contributed by atoms with Crippen LogP contribution < -0.4 is 20.3 Å². The zero-order valence-electron chi connectivity index (χ0n) is 15.8. The Labute approximate surface area is 167 Å². The third-order valence-electron chi connectivity index (χ3n) is 4.87. The molecule has 2 unspecified atom stereocenters. The largest absolute Gasteiger partial charge is 0.476 e. The van der Waals surface area contributed by atoms with Gasteiger partial charge in [-0.2, -0.15) is 4.98 Å². The topological polar surface area (TPSA) is 109 Å². The number of hydrogen-bond acceptors (Lipinski definition) is 8. The number of pyridine rings is 1. The summed E-state index contributed by atoms with van der Waals surface area (Å²) in [5, 5.41) is 15.8. The maximum absolute atomic E-state index is 11.8. The molecule has 2 amide bonds. The van der Waals surface area contributed by atoms with Gasteiger partial charge in [0.25, 0.3) is 0 Å². The van der Waals surface area contributed by atoms with Crippen molar-refractivity contribution in [2.45, 2.75) is 25.9 Å². The molecule has 2 fully saturated rings. The van der Waals surface area contributed by atoms with E-state index in [-0.39, 0.29) is 12.1 Å². The Hall–Kier alpha value is -2.17. The second kappa shape index (κ2) is 8.46. The highest BCUT2D eigenvalue weighted by Gasteiger charge is 2.26. The second-order valence-electron chi connectivity index (χ2n) is 7.07. The van der Waals surface area contributed by atoms with E-state index in [1.165, 1.54) is 11.3 Å². The lowest BCUT2D eigenvalue weighted by molar-refractivity contribution is 0.166. The quantitative estimate of drug-likeness (QED) is 0.670. The Morgan fingerprint density at radius 2 is 2.36 bits per heavy atom. The molecule has 10 heteroatoms. The van der Waals surface area contributed by atoms with E-state index in [1.54, 1.807) is 0 Å². The highest BCUT2D eigenvalue weighted by Crippen LogP contribution is 2.36. The average molecular weight is 407 g/mol. The number of anilines is 2. The van der Waals surface area contributed by atoms with Crippen LogP contribution in [0, 0.1) is 5.92 Å². The van der Waals surface area contributed by atoms with Crippen molar-refractivity contribution in [1.29, 1.82) is 0 Å². The average Bonchev–Trinajstić information content (AvgIpc) is 3.39. The van der Waals surface area contributed by atoms with Crippen molar-refractivity contribution in [3.05, 3.63) is 6.07 Å². The summed E-state index contributed by atoms with van der Waals surface area (Å²) in [7, 11) is 0. The van der Waals surface area contributed by atoms with E-state index in [0.717, 1.165) is 31.7 Å². The predicted octanol–water partition coefficient (Wildman–Crippen LogP) is 1.82. The van der Waals surface area contributed by atoms with Gasteiger partial charge in [0.05, 0.1) is 19.3 Å². The van der Waals surface area contributed by atoms with Gasteiger partial charge in [0, 0.05) is 32.2 Å². The van der Waals surface area contributed by atoms with Crippen molar-refractivity contribution in [3.63, 3.8) is 0 Å². The van der Waals surface area contributed by atoms with Gasteiger partial charge in [-0.05, 0) is 25.8 Å². The van der Waals surface area contributed by atoms with E-state index in [9.17, 15) is 9.90 Å². The van der Waals surface area contributed by atoms with Crippen LogP contribution in [0.5, 0.6) is 5.88 Å². The number of aliphatic hydroxyl groups is 1. The minimum Gasteiger partial charge on any atom is -0.476 e. The van der Waals surface area contributed by atoms with E-state index >= 15 is 0 Å². The van der Waals surface area contributed by atoms with Crippen molar-refractivity contribution in [1.82, 2.24) is 15.3 Å². The monoisotopic (exact) mass is 407 g/mol. The zero-order chi connectivity index (χ0) is 19.5. The number of thiazole rings is 1. The lowest BCUT2D eigenvalue weighted by atomic mass is 10.1. The normalized spacial score (nSPS) is 22.0. The summed E-state index contributed by atoms with van der Waals surface area (Å²) < 4.78 is 11.5. The Balaban J connectivity index is 1.60. The predicted molar refractivity (Wildman–Crippen MR) is 107 cm³/mol. The number of nitrogens with one attached hydrogen (secondary N) is 2. The van der Waals surface area contributed by atoms with Gasteiger partial charge in [0.1, 0.15) is 16.0 Å². The van der Waals surface area contributed by atoms with Crippen molar-refractivity contribution in [2.75, 3.05) is 49.7 Å². The smallest absolute Gasteiger partial charge is 0.321 e. The van der Waals surface area contributed by atoms with E-state index < -0.39 is 0 Å². The molecule has 2 aliphatic heterocycles. The first-order valence-corrected chi connectivity index (χ1v) is 10.4. The maximum Gasteiger partial charge on any atom is 0.321 e. The zero-order valence-corrected chi connectivity index (χ0v) is 16.6. The fourth-order valence-electron chi connectivity index (χ4n) is 3.40. The van der Waals surface area contributed by atoms with Gasteiger partial charge in [-0.1, -0.05) is 11.3 Å². The van der Waals surface area contributed by atoms with Crippen LogP contribution in [0.15, 0.2) is 6.07 Å². The fraction of sp³-hybridized carbons (Fsp3) is 0.611. The number of β-amino-alcohol motifs (C(OH)–C–C–N with tert-alkyl or cyclic N) is 1. The molecule has 0 spiro atoms. The molecule has 0 radical (unpaired) electrons. The first-order valence-electron chi connectivity index (χ1n) is 9.62. The third-order valence-corrected chi connectivity index (χ3v) is 5.75. The molecule has 2 aromatic heterocycles.